The Morgan fingerprint density at radius 2 is 1.73 bits per heavy atom. The fourth-order valence-electron chi connectivity index (χ4n) is 4.24. The molecule has 0 aromatic heterocycles. The third kappa shape index (κ3) is 3.53. The van der Waals surface area contributed by atoms with Crippen LogP contribution in [0.5, 0.6) is 0 Å². The van der Waals surface area contributed by atoms with Crippen molar-refractivity contribution < 1.29 is 28.7 Å². The van der Waals surface area contributed by atoms with Crippen molar-refractivity contribution in [3.05, 3.63) is 41.5 Å². The molecule has 2 heterocycles. The number of ketones is 1. The minimum absolute atomic E-state index is 0.0367. The van der Waals surface area contributed by atoms with Crippen molar-refractivity contribution in [2.75, 3.05) is 25.1 Å². The van der Waals surface area contributed by atoms with Crippen molar-refractivity contribution in [3.63, 3.8) is 0 Å². The summed E-state index contributed by atoms with van der Waals surface area (Å²) in [4.78, 5) is 63.6. The number of benzene rings is 1. The van der Waals surface area contributed by atoms with E-state index in [4.69, 9.17) is 4.74 Å². The molecular weight excluding hydrogens is 388 g/mol. The Bertz CT molecular complexity index is 956. The second kappa shape index (κ2) is 7.85. The van der Waals surface area contributed by atoms with E-state index in [-0.39, 0.29) is 54.7 Å². The van der Waals surface area contributed by atoms with Crippen molar-refractivity contribution in [2.45, 2.75) is 25.7 Å². The van der Waals surface area contributed by atoms with Crippen LogP contribution in [0.4, 0.5) is 5.69 Å². The highest BCUT2D eigenvalue weighted by Crippen LogP contribution is 2.35. The van der Waals surface area contributed by atoms with E-state index >= 15 is 0 Å². The summed E-state index contributed by atoms with van der Waals surface area (Å²) in [6, 6.07) is 4.94. The maximum absolute atomic E-state index is 12.4. The van der Waals surface area contributed by atoms with Crippen LogP contribution in [0.15, 0.2) is 30.4 Å². The number of carbonyl (C=O) groups excluding carboxylic acids is 5. The van der Waals surface area contributed by atoms with Gasteiger partial charge in [-0.05, 0) is 36.6 Å². The summed E-state index contributed by atoms with van der Waals surface area (Å²) >= 11 is 0. The van der Waals surface area contributed by atoms with E-state index in [9.17, 15) is 24.0 Å². The molecule has 8 heteroatoms. The standard InChI is InChI=1S/C22H22N2O6/c1-23-17-7-6-13(10-14(17)11-19(23)26)18(25)12-30-20(27)8-9-24-21(28)15-4-2-3-5-16(15)22(24)29/h2-3,6-7,10,15-16H,4-5,8-9,11-12H2,1H3/t15-,16-/m0/s1. The first kappa shape index (κ1) is 20.0. The summed E-state index contributed by atoms with van der Waals surface area (Å²) in [5.41, 5.74) is 1.90. The zero-order chi connectivity index (χ0) is 21.4. The van der Waals surface area contributed by atoms with Gasteiger partial charge in [-0.1, -0.05) is 12.2 Å². The largest absolute Gasteiger partial charge is 0.457 e. The fraction of sp³-hybridized carbons (Fsp3) is 0.409. The van der Waals surface area contributed by atoms with Gasteiger partial charge in [-0.3, -0.25) is 28.9 Å². The van der Waals surface area contributed by atoms with E-state index in [1.165, 1.54) is 4.90 Å². The third-order valence-electron chi connectivity index (χ3n) is 5.98. The molecule has 0 bridgehead atoms. The SMILES string of the molecule is CN1C(=O)Cc2cc(C(=O)COC(=O)CCN3C(=O)[C@H]4CC=CC[C@@H]4C3=O)ccc21. The number of Topliss-reactive ketones (excluding diaryl/α,β-unsaturated/α-hetero) is 1. The van der Waals surface area contributed by atoms with Gasteiger partial charge in [0.1, 0.15) is 0 Å². The van der Waals surface area contributed by atoms with Crippen LogP contribution in [0.25, 0.3) is 0 Å². The number of carbonyl (C=O) groups is 5. The number of rotatable bonds is 6. The Hall–Kier alpha value is -3.29. The lowest BCUT2D eigenvalue weighted by molar-refractivity contribution is -0.145. The van der Waals surface area contributed by atoms with Gasteiger partial charge in [-0.2, -0.15) is 0 Å². The van der Waals surface area contributed by atoms with Crippen molar-refractivity contribution in [1.82, 2.24) is 4.90 Å². The van der Waals surface area contributed by atoms with Crippen LogP contribution in [-0.4, -0.2) is 54.6 Å². The minimum atomic E-state index is -0.645. The summed E-state index contributed by atoms with van der Waals surface area (Å²) < 4.78 is 5.04. The quantitative estimate of drug-likeness (QED) is 0.303. The molecule has 1 fully saturated rings. The predicted octanol–water partition coefficient (Wildman–Crippen LogP) is 1.27. The van der Waals surface area contributed by atoms with Gasteiger partial charge in [0.15, 0.2) is 12.4 Å². The van der Waals surface area contributed by atoms with Crippen LogP contribution in [-0.2, 0) is 30.3 Å². The number of allylic oxidation sites excluding steroid dienone is 2. The molecule has 30 heavy (non-hydrogen) atoms. The topological polar surface area (TPSA) is 101 Å². The van der Waals surface area contributed by atoms with Gasteiger partial charge in [0.25, 0.3) is 0 Å². The smallest absolute Gasteiger partial charge is 0.308 e. The highest BCUT2D eigenvalue weighted by molar-refractivity contribution is 6.06. The molecule has 8 nitrogen and oxygen atoms in total. The van der Waals surface area contributed by atoms with Crippen LogP contribution >= 0.6 is 0 Å². The summed E-state index contributed by atoms with van der Waals surface area (Å²) in [6.45, 7) is -0.469. The maximum Gasteiger partial charge on any atom is 0.308 e. The molecule has 1 saturated heterocycles. The van der Waals surface area contributed by atoms with E-state index in [2.05, 4.69) is 0 Å². The average molecular weight is 410 g/mol. The monoisotopic (exact) mass is 410 g/mol. The lowest BCUT2D eigenvalue weighted by Gasteiger charge is -2.14. The third-order valence-corrected chi connectivity index (χ3v) is 5.98. The number of imide groups is 1. The summed E-state index contributed by atoms with van der Waals surface area (Å²) in [5, 5.41) is 0. The van der Waals surface area contributed by atoms with Crippen LogP contribution < -0.4 is 4.90 Å². The molecule has 3 aliphatic rings. The van der Waals surface area contributed by atoms with Crippen molar-refractivity contribution in [1.29, 1.82) is 0 Å². The molecule has 0 saturated carbocycles. The number of ether oxygens (including phenoxy) is 1. The number of nitrogens with zero attached hydrogens (tertiary/aromatic N) is 2. The van der Waals surface area contributed by atoms with Gasteiger partial charge in [-0.15, -0.1) is 0 Å². The molecule has 4 rings (SSSR count). The Morgan fingerprint density at radius 3 is 2.40 bits per heavy atom. The van der Waals surface area contributed by atoms with Crippen molar-refractivity contribution in [3.8, 4) is 0 Å². The fourth-order valence-corrected chi connectivity index (χ4v) is 4.24. The zero-order valence-corrected chi connectivity index (χ0v) is 16.6. The van der Waals surface area contributed by atoms with Crippen LogP contribution in [0.3, 0.4) is 0 Å². The molecule has 1 aromatic rings. The number of amides is 3. The number of hydrogen-bond acceptors (Lipinski definition) is 6. The van der Waals surface area contributed by atoms with E-state index in [1.807, 2.05) is 12.2 Å². The molecule has 0 N–H and O–H groups in total. The number of hydrogen-bond donors (Lipinski definition) is 0. The van der Waals surface area contributed by atoms with Gasteiger partial charge in [0, 0.05) is 24.8 Å². The lowest BCUT2D eigenvalue weighted by Crippen LogP contribution is -2.33. The second-order valence-corrected chi connectivity index (χ2v) is 7.79. The maximum atomic E-state index is 12.4. The molecule has 0 radical (unpaired) electrons. The molecule has 2 atom stereocenters. The van der Waals surface area contributed by atoms with Gasteiger partial charge in [0.2, 0.25) is 17.7 Å². The molecule has 1 aromatic carbocycles. The number of fused-ring (bicyclic) bond motifs is 2. The highest BCUT2D eigenvalue weighted by Gasteiger charge is 2.46. The van der Waals surface area contributed by atoms with E-state index in [0.717, 1.165) is 16.2 Å². The predicted molar refractivity (Wildman–Crippen MR) is 106 cm³/mol. The van der Waals surface area contributed by atoms with Gasteiger partial charge in [-0.25, -0.2) is 0 Å². The zero-order valence-electron chi connectivity index (χ0n) is 16.6. The number of esters is 1. The first-order valence-corrected chi connectivity index (χ1v) is 9.95. The minimum Gasteiger partial charge on any atom is -0.457 e. The summed E-state index contributed by atoms with van der Waals surface area (Å²) in [5.74, 6) is -2.20. The van der Waals surface area contributed by atoms with E-state index in [1.54, 1.807) is 25.2 Å². The summed E-state index contributed by atoms with van der Waals surface area (Å²) in [7, 11) is 1.68. The first-order chi connectivity index (χ1) is 14.4. The molecule has 0 unspecified atom stereocenters. The molecule has 0 spiro atoms. The Labute approximate surface area is 173 Å². The van der Waals surface area contributed by atoms with Crippen molar-refractivity contribution >= 4 is 35.2 Å². The van der Waals surface area contributed by atoms with Crippen LogP contribution in [0, 0.1) is 11.8 Å². The molecule has 156 valence electrons. The Balaban J connectivity index is 1.28. The van der Waals surface area contributed by atoms with Gasteiger partial charge < -0.3 is 9.64 Å². The average Bonchev–Trinajstić information content (AvgIpc) is 3.17. The van der Waals surface area contributed by atoms with E-state index < -0.39 is 12.6 Å². The molecule has 3 amide bonds. The Morgan fingerprint density at radius 1 is 1.07 bits per heavy atom. The number of anilines is 1. The highest BCUT2D eigenvalue weighted by atomic mass is 16.5. The van der Waals surface area contributed by atoms with Crippen molar-refractivity contribution in [2.24, 2.45) is 11.8 Å². The van der Waals surface area contributed by atoms with Gasteiger partial charge >= 0.3 is 5.97 Å². The van der Waals surface area contributed by atoms with Gasteiger partial charge in [0.05, 0.1) is 24.7 Å². The van der Waals surface area contributed by atoms with E-state index in [0.29, 0.717) is 18.4 Å². The second-order valence-electron chi connectivity index (χ2n) is 7.79. The Kier molecular flexibility index (Phi) is 5.24. The molecular formula is C22H22N2O6. The number of likely N-dealkylation sites (N-methyl/N-ethyl adjacent to an activating group) is 1. The number of likely N-dealkylation sites (tertiary alicyclic amines) is 1. The normalized spacial score (nSPS) is 22.4. The molecule has 1 aliphatic carbocycles. The molecule has 2 aliphatic heterocycles. The van der Waals surface area contributed by atoms with Crippen LogP contribution in [0.1, 0.15) is 35.2 Å². The lowest BCUT2D eigenvalue weighted by atomic mass is 9.85. The van der Waals surface area contributed by atoms with Crippen LogP contribution in [0.2, 0.25) is 0 Å². The summed E-state index contributed by atoms with van der Waals surface area (Å²) in [6.07, 6.45) is 4.99. The first-order valence-electron chi connectivity index (χ1n) is 9.95.